The Hall–Kier alpha value is -4.39. The maximum absolute atomic E-state index is 11.0. The second-order valence-electron chi connectivity index (χ2n) is 8.33. The first-order chi connectivity index (χ1) is 18.2. The number of hydrogen-bond acceptors (Lipinski definition) is 8. The molecule has 0 atom stereocenters. The van der Waals surface area contributed by atoms with Crippen molar-refractivity contribution in [3.05, 3.63) is 53.1 Å². The molecule has 13 heteroatoms. The molecule has 1 fully saturated rings. The number of furan rings is 1. The number of nitrogens with one attached hydrogen (secondary N) is 2. The highest BCUT2D eigenvalue weighted by atomic mass is 32.1. The molecule has 1 amide bonds. The molecule has 0 bridgehead atoms. The lowest BCUT2D eigenvalue weighted by Crippen LogP contribution is -2.33. The van der Waals surface area contributed by atoms with Crippen LogP contribution in [0.3, 0.4) is 0 Å². The highest BCUT2D eigenvalue weighted by molar-refractivity contribution is 7.13. The summed E-state index contributed by atoms with van der Waals surface area (Å²) in [6, 6.07) is 12.1. The van der Waals surface area contributed by atoms with Crippen LogP contribution in [0.4, 0.5) is 10.8 Å². The van der Waals surface area contributed by atoms with Gasteiger partial charge >= 0.3 is 11.9 Å². The Morgan fingerprint density at radius 2 is 1.76 bits per heavy atom. The number of hydrogen-bond donors (Lipinski definition) is 5. The van der Waals surface area contributed by atoms with E-state index in [1.165, 1.54) is 48.8 Å². The van der Waals surface area contributed by atoms with Gasteiger partial charge in [-0.25, -0.2) is 14.6 Å². The Bertz CT molecular complexity index is 1270. The van der Waals surface area contributed by atoms with Crippen molar-refractivity contribution in [3.63, 3.8) is 0 Å². The van der Waals surface area contributed by atoms with E-state index in [1.807, 2.05) is 17.5 Å². The van der Waals surface area contributed by atoms with E-state index < -0.39 is 11.9 Å². The highest BCUT2D eigenvalue weighted by Crippen LogP contribution is 2.28. The summed E-state index contributed by atoms with van der Waals surface area (Å²) < 4.78 is 5.74. The number of aliphatic imine (C=N–C) groups is 1. The number of benzene rings is 1. The molecule has 3 aromatic rings. The van der Waals surface area contributed by atoms with E-state index in [0.717, 1.165) is 13.1 Å². The molecule has 202 valence electrons. The predicted octanol–water partition coefficient (Wildman–Crippen LogP) is 2.92. The van der Waals surface area contributed by atoms with Crippen molar-refractivity contribution in [1.29, 1.82) is 0 Å². The number of guanidine groups is 1. The van der Waals surface area contributed by atoms with E-state index >= 15 is 0 Å². The van der Waals surface area contributed by atoms with Crippen LogP contribution < -0.4 is 21.3 Å². The molecule has 0 saturated carbocycles. The third-order valence-electron chi connectivity index (χ3n) is 5.47. The second-order valence-corrected chi connectivity index (χ2v) is 9.16. The summed E-state index contributed by atoms with van der Waals surface area (Å²) in [6.45, 7) is 4.62. The van der Waals surface area contributed by atoms with Crippen LogP contribution in [0, 0.1) is 0 Å². The molecule has 0 spiro atoms. The van der Waals surface area contributed by atoms with Crippen LogP contribution in [0.5, 0.6) is 0 Å². The van der Waals surface area contributed by atoms with Crippen LogP contribution in [-0.2, 0) is 27.5 Å². The highest BCUT2D eigenvalue weighted by Gasteiger charge is 2.14. The molecule has 3 heterocycles. The summed E-state index contributed by atoms with van der Waals surface area (Å²) in [7, 11) is 0. The van der Waals surface area contributed by atoms with E-state index in [9.17, 15) is 4.79 Å². The number of carboxylic acid groups (broad SMARTS) is 2. The molecule has 2 aromatic heterocycles. The molecule has 0 radical (unpaired) electrons. The molecule has 1 aliphatic rings. The number of carbonyl (C=O) groups excluding carboxylic acids is 1. The van der Waals surface area contributed by atoms with Gasteiger partial charge < -0.3 is 35.9 Å². The van der Waals surface area contributed by atoms with Crippen molar-refractivity contribution < 1.29 is 29.0 Å². The molecular formula is C25H30N6O6S. The summed E-state index contributed by atoms with van der Waals surface area (Å²) >= 11 is 1.39. The van der Waals surface area contributed by atoms with Crippen LogP contribution in [0.1, 0.15) is 37.5 Å². The maximum atomic E-state index is 11.0. The van der Waals surface area contributed by atoms with Crippen LogP contribution in [0.25, 0.3) is 11.5 Å². The van der Waals surface area contributed by atoms with Crippen LogP contribution in [0.15, 0.2) is 51.2 Å². The largest absolute Gasteiger partial charge is 0.473 e. The molecule has 1 aromatic carbocycles. The fourth-order valence-electron chi connectivity index (χ4n) is 3.68. The molecule has 0 unspecified atom stereocenters. The van der Waals surface area contributed by atoms with Crippen LogP contribution in [0.2, 0.25) is 0 Å². The number of carboxylic acids is 2. The van der Waals surface area contributed by atoms with Crippen LogP contribution >= 0.6 is 11.3 Å². The van der Waals surface area contributed by atoms with Gasteiger partial charge in [0, 0.05) is 37.6 Å². The quantitative estimate of drug-likeness (QED) is 0.169. The zero-order valence-corrected chi connectivity index (χ0v) is 21.7. The number of piperidine rings is 1. The van der Waals surface area contributed by atoms with Gasteiger partial charge in [0.15, 0.2) is 11.7 Å². The minimum absolute atomic E-state index is 0.102. The molecule has 12 nitrogen and oxygen atoms in total. The minimum Gasteiger partial charge on any atom is -0.473 e. The fraction of sp³-hybridized carbons (Fsp3) is 0.320. The molecule has 0 aliphatic carbocycles. The number of carbonyl (C=O) groups is 3. The Balaban J connectivity index is 0.000000599. The standard InChI is InChI=1S/C23H28N6O2S.C2H2O4/c1-16(30)25-14-18-9-10-21(31-18)19-15-32-23(27-19)28-22(24)26-13-17-7-3-4-8-20(17)29-11-5-2-6-12-29;3-1(4)2(5)6/h3-4,7-10,15H,2,5-6,11-14H2,1H3,(H,25,30)(H3,24,26,27,28);(H,3,4)(H,5,6). The van der Waals surface area contributed by atoms with Gasteiger partial charge in [-0.1, -0.05) is 18.2 Å². The van der Waals surface area contributed by atoms with E-state index in [4.69, 9.17) is 30.0 Å². The first-order valence-electron chi connectivity index (χ1n) is 11.9. The molecule has 4 rings (SSSR count). The molecule has 1 aliphatic heterocycles. The van der Waals surface area contributed by atoms with Gasteiger partial charge in [0.05, 0.1) is 6.54 Å². The number of nitrogens with zero attached hydrogens (tertiary/aromatic N) is 3. The van der Waals surface area contributed by atoms with E-state index in [2.05, 4.69) is 49.8 Å². The monoisotopic (exact) mass is 542 g/mol. The number of aromatic nitrogens is 1. The topological polar surface area (TPSA) is 183 Å². The summed E-state index contributed by atoms with van der Waals surface area (Å²) in [5.41, 5.74) is 9.28. The van der Waals surface area contributed by atoms with Crippen molar-refractivity contribution in [3.8, 4) is 11.5 Å². The zero-order chi connectivity index (χ0) is 27.5. The van der Waals surface area contributed by atoms with Crippen molar-refractivity contribution >= 4 is 46.0 Å². The number of anilines is 1. The number of nitrogens with two attached hydrogens (primary N) is 1. The van der Waals surface area contributed by atoms with Gasteiger partial charge in [0.1, 0.15) is 11.5 Å². The molecule has 6 N–H and O–H groups in total. The first-order valence-corrected chi connectivity index (χ1v) is 12.8. The Morgan fingerprint density at radius 1 is 1.05 bits per heavy atom. The van der Waals surface area contributed by atoms with E-state index in [-0.39, 0.29) is 5.91 Å². The zero-order valence-electron chi connectivity index (χ0n) is 20.8. The Labute approximate surface area is 223 Å². The van der Waals surface area contributed by atoms with E-state index in [0.29, 0.717) is 41.4 Å². The number of aliphatic carboxylic acids is 2. The van der Waals surface area contributed by atoms with Crippen molar-refractivity contribution in [1.82, 2.24) is 15.6 Å². The SMILES string of the molecule is CC(=O)NCc1ccc(-c2csc(/N=C(\N)NCc3ccccc3N3CCCCC3)n2)o1.O=C(O)C(=O)O. The van der Waals surface area contributed by atoms with Gasteiger partial charge in [-0.05, 0) is 43.0 Å². The predicted molar refractivity (Wildman–Crippen MR) is 143 cm³/mol. The fourth-order valence-corrected chi connectivity index (χ4v) is 4.37. The lowest BCUT2D eigenvalue weighted by molar-refractivity contribution is -0.159. The Kier molecular flexibility index (Phi) is 10.2. The molecule has 38 heavy (non-hydrogen) atoms. The summed E-state index contributed by atoms with van der Waals surface area (Å²) in [6.07, 6.45) is 3.78. The van der Waals surface area contributed by atoms with Crippen molar-refractivity contribution in [2.75, 3.05) is 18.0 Å². The summed E-state index contributed by atoms with van der Waals surface area (Å²) in [5, 5.41) is 23.1. The normalized spacial score (nSPS) is 13.3. The van der Waals surface area contributed by atoms with Gasteiger partial charge in [-0.2, -0.15) is 4.99 Å². The minimum atomic E-state index is -1.82. The van der Waals surface area contributed by atoms with Gasteiger partial charge in [-0.3, -0.25) is 4.79 Å². The average Bonchev–Trinajstić information content (AvgIpc) is 3.57. The number of para-hydroxylation sites is 1. The van der Waals surface area contributed by atoms with Gasteiger partial charge in [-0.15, -0.1) is 11.3 Å². The van der Waals surface area contributed by atoms with E-state index in [1.54, 1.807) is 0 Å². The number of amides is 1. The summed E-state index contributed by atoms with van der Waals surface area (Å²) in [4.78, 5) is 40.6. The number of rotatable bonds is 7. The summed E-state index contributed by atoms with van der Waals surface area (Å²) in [5.74, 6) is -2.13. The second kappa shape index (κ2) is 13.8. The van der Waals surface area contributed by atoms with Gasteiger partial charge in [0.25, 0.3) is 0 Å². The molecular weight excluding hydrogens is 512 g/mol. The van der Waals surface area contributed by atoms with Crippen molar-refractivity contribution in [2.45, 2.75) is 39.3 Å². The third-order valence-corrected chi connectivity index (χ3v) is 6.20. The Morgan fingerprint density at radius 3 is 2.45 bits per heavy atom. The average molecular weight is 543 g/mol. The van der Waals surface area contributed by atoms with Crippen molar-refractivity contribution in [2.24, 2.45) is 10.7 Å². The van der Waals surface area contributed by atoms with Gasteiger partial charge in [0.2, 0.25) is 11.0 Å². The third kappa shape index (κ3) is 8.62. The molecule has 1 saturated heterocycles. The maximum Gasteiger partial charge on any atom is 0.414 e. The lowest BCUT2D eigenvalue weighted by Gasteiger charge is -2.30. The first kappa shape index (κ1) is 28.2. The lowest BCUT2D eigenvalue weighted by atomic mass is 10.1. The number of thiazole rings is 1. The smallest absolute Gasteiger partial charge is 0.414 e. The van der Waals surface area contributed by atoms with Crippen LogP contribution in [-0.4, -0.2) is 52.1 Å².